The third kappa shape index (κ3) is 3.01. The summed E-state index contributed by atoms with van der Waals surface area (Å²) in [6, 6.07) is 4.75. The van der Waals surface area contributed by atoms with Gasteiger partial charge in [-0.2, -0.15) is 0 Å². The van der Waals surface area contributed by atoms with Crippen LogP contribution >= 0.6 is 0 Å². The number of fused-ring (bicyclic) bond motifs is 1. The zero-order valence-electron chi connectivity index (χ0n) is 10.9. The van der Waals surface area contributed by atoms with Crippen LogP contribution in [-0.2, 0) is 4.74 Å². The first-order chi connectivity index (χ1) is 9.63. The van der Waals surface area contributed by atoms with E-state index in [4.69, 9.17) is 4.74 Å². The molecule has 0 aliphatic rings. The zero-order chi connectivity index (χ0) is 14.5. The van der Waals surface area contributed by atoms with Gasteiger partial charge in [-0.1, -0.05) is 0 Å². The number of hydrogen-bond donors (Lipinski definition) is 2. The number of rotatable bonds is 6. The van der Waals surface area contributed by atoms with Crippen LogP contribution in [-0.4, -0.2) is 41.4 Å². The molecule has 0 aliphatic carbocycles. The summed E-state index contributed by atoms with van der Waals surface area (Å²) in [5.74, 6) is 0. The summed E-state index contributed by atoms with van der Waals surface area (Å²) in [5.41, 5.74) is 0.722. The van der Waals surface area contributed by atoms with Crippen molar-refractivity contribution in [2.24, 2.45) is 0 Å². The lowest BCUT2D eigenvalue weighted by Gasteiger charge is -2.13. The Morgan fingerprint density at radius 3 is 2.95 bits per heavy atom. The highest BCUT2D eigenvalue weighted by Gasteiger charge is 2.14. The van der Waals surface area contributed by atoms with E-state index in [0.29, 0.717) is 23.0 Å². The Morgan fingerprint density at radius 1 is 1.45 bits per heavy atom. The Bertz CT molecular complexity index is 618. The fraction of sp³-hybridized carbons (Fsp3) is 0.308. The Hall–Kier alpha value is -2.25. The highest BCUT2D eigenvalue weighted by atomic mass is 16.6. The van der Waals surface area contributed by atoms with Gasteiger partial charge in [0, 0.05) is 43.2 Å². The smallest absolute Gasteiger partial charge is 0.278 e. The summed E-state index contributed by atoms with van der Waals surface area (Å²) in [4.78, 5) is 14.5. The van der Waals surface area contributed by atoms with Crippen LogP contribution in [0.1, 0.15) is 0 Å². The summed E-state index contributed by atoms with van der Waals surface area (Å²) >= 11 is 0. The molecule has 106 valence electrons. The van der Waals surface area contributed by atoms with Crippen LogP contribution in [0.4, 0.5) is 11.4 Å². The molecular formula is C13H15N3O4. The lowest BCUT2D eigenvalue weighted by molar-refractivity contribution is -0.383. The number of benzene rings is 1. The van der Waals surface area contributed by atoms with Gasteiger partial charge >= 0.3 is 0 Å². The van der Waals surface area contributed by atoms with Gasteiger partial charge < -0.3 is 15.2 Å². The zero-order valence-corrected chi connectivity index (χ0v) is 10.9. The molecule has 0 saturated heterocycles. The number of aliphatic hydroxyl groups is 1. The van der Waals surface area contributed by atoms with E-state index in [1.54, 1.807) is 18.3 Å². The van der Waals surface area contributed by atoms with Crippen LogP contribution in [0.25, 0.3) is 10.8 Å². The number of hydrogen-bond acceptors (Lipinski definition) is 6. The molecule has 0 aliphatic heterocycles. The number of non-ortho nitro benzene ring substituents is 1. The predicted octanol–water partition coefficient (Wildman–Crippen LogP) is 1.56. The van der Waals surface area contributed by atoms with Gasteiger partial charge in [0.05, 0.1) is 23.0 Å². The van der Waals surface area contributed by atoms with Crippen molar-refractivity contribution in [2.45, 2.75) is 6.10 Å². The lowest BCUT2D eigenvalue weighted by atomic mass is 10.1. The number of anilines is 1. The molecule has 1 heterocycles. The highest BCUT2D eigenvalue weighted by Crippen LogP contribution is 2.30. The van der Waals surface area contributed by atoms with Crippen LogP contribution in [0, 0.1) is 10.1 Å². The molecule has 0 spiro atoms. The van der Waals surface area contributed by atoms with Gasteiger partial charge in [0.2, 0.25) is 0 Å². The van der Waals surface area contributed by atoms with Crippen molar-refractivity contribution in [3.05, 3.63) is 40.7 Å². The quantitative estimate of drug-likeness (QED) is 0.614. The second-order valence-electron chi connectivity index (χ2n) is 4.30. The number of nitrogens with one attached hydrogen (secondary N) is 1. The highest BCUT2D eigenvalue weighted by molar-refractivity contribution is 5.99. The van der Waals surface area contributed by atoms with Gasteiger partial charge in [0.1, 0.15) is 0 Å². The minimum atomic E-state index is -0.646. The molecule has 1 aromatic heterocycles. The van der Waals surface area contributed by atoms with Crippen LogP contribution in [0.3, 0.4) is 0 Å². The maximum Gasteiger partial charge on any atom is 0.278 e. The number of nitrogens with zero attached hydrogens (tertiary/aromatic N) is 2. The minimum Gasteiger partial charge on any atom is -0.389 e. The molecule has 7 nitrogen and oxygen atoms in total. The van der Waals surface area contributed by atoms with Crippen LogP contribution in [0.2, 0.25) is 0 Å². The topological polar surface area (TPSA) is 97.5 Å². The SMILES string of the molecule is COC[C@@H](O)CNc1ccc([N+](=O)[O-])c2cnccc12. The van der Waals surface area contributed by atoms with Crippen molar-refractivity contribution in [1.82, 2.24) is 4.98 Å². The van der Waals surface area contributed by atoms with Crippen molar-refractivity contribution < 1.29 is 14.8 Å². The molecule has 2 N–H and O–H groups in total. The van der Waals surface area contributed by atoms with Gasteiger partial charge in [0.15, 0.2) is 0 Å². The number of aliphatic hydroxyl groups excluding tert-OH is 1. The molecule has 0 radical (unpaired) electrons. The molecule has 7 heteroatoms. The third-order valence-corrected chi connectivity index (χ3v) is 2.88. The number of nitro benzene ring substituents is 1. The van der Waals surface area contributed by atoms with Gasteiger partial charge in [-0.3, -0.25) is 15.1 Å². The first-order valence-corrected chi connectivity index (χ1v) is 6.05. The van der Waals surface area contributed by atoms with E-state index in [2.05, 4.69) is 10.3 Å². The molecule has 0 unspecified atom stereocenters. The minimum absolute atomic E-state index is 0.0103. The summed E-state index contributed by atoms with van der Waals surface area (Å²) in [5, 5.41) is 24.8. The van der Waals surface area contributed by atoms with E-state index in [0.717, 1.165) is 0 Å². The van der Waals surface area contributed by atoms with Gasteiger partial charge in [0.25, 0.3) is 5.69 Å². The second-order valence-corrected chi connectivity index (χ2v) is 4.30. The summed E-state index contributed by atoms with van der Waals surface area (Å²) in [6.45, 7) is 0.516. The molecule has 0 bridgehead atoms. The number of methoxy groups -OCH3 is 1. The largest absolute Gasteiger partial charge is 0.389 e. The number of aromatic nitrogens is 1. The Labute approximate surface area is 115 Å². The maximum atomic E-state index is 11.0. The molecule has 2 aromatic rings. The van der Waals surface area contributed by atoms with E-state index in [-0.39, 0.29) is 12.3 Å². The lowest BCUT2D eigenvalue weighted by Crippen LogP contribution is -2.24. The van der Waals surface area contributed by atoms with E-state index < -0.39 is 11.0 Å². The van der Waals surface area contributed by atoms with Crippen LogP contribution in [0.15, 0.2) is 30.6 Å². The molecule has 0 fully saturated rings. The Kier molecular flexibility index (Phi) is 4.44. The summed E-state index contributed by atoms with van der Waals surface area (Å²) < 4.78 is 4.84. The second kappa shape index (κ2) is 6.27. The van der Waals surface area contributed by atoms with E-state index >= 15 is 0 Å². The molecule has 1 atom stereocenters. The van der Waals surface area contributed by atoms with Gasteiger partial charge in [-0.15, -0.1) is 0 Å². The molecular weight excluding hydrogens is 262 g/mol. The predicted molar refractivity (Wildman–Crippen MR) is 74.8 cm³/mol. The fourth-order valence-electron chi connectivity index (χ4n) is 1.97. The monoisotopic (exact) mass is 277 g/mol. The first kappa shape index (κ1) is 14.2. The summed E-state index contributed by atoms with van der Waals surface area (Å²) in [6.07, 6.45) is 2.39. The maximum absolute atomic E-state index is 11.0. The Balaban J connectivity index is 2.31. The van der Waals surface area contributed by atoms with Crippen LogP contribution < -0.4 is 5.32 Å². The number of nitro groups is 1. The van der Waals surface area contributed by atoms with E-state index in [9.17, 15) is 15.2 Å². The van der Waals surface area contributed by atoms with E-state index in [1.165, 1.54) is 19.4 Å². The van der Waals surface area contributed by atoms with Crippen LogP contribution in [0.5, 0.6) is 0 Å². The van der Waals surface area contributed by atoms with Crippen molar-refractivity contribution in [1.29, 1.82) is 0 Å². The molecule has 20 heavy (non-hydrogen) atoms. The molecule has 2 rings (SSSR count). The standard InChI is InChI=1S/C13H15N3O4/c1-20-8-9(17)6-15-12-2-3-13(16(18)19)11-7-14-5-4-10(11)12/h2-5,7,9,15,17H,6,8H2,1H3/t9-/m0/s1. The normalized spacial score (nSPS) is 12.3. The van der Waals surface area contributed by atoms with E-state index in [1.807, 2.05) is 0 Å². The van der Waals surface area contributed by atoms with Gasteiger partial charge in [-0.25, -0.2) is 0 Å². The molecule has 0 saturated carbocycles. The van der Waals surface area contributed by atoms with Crippen molar-refractivity contribution in [3.63, 3.8) is 0 Å². The van der Waals surface area contributed by atoms with Gasteiger partial charge in [-0.05, 0) is 12.1 Å². The fourth-order valence-corrected chi connectivity index (χ4v) is 1.97. The van der Waals surface area contributed by atoms with Crippen molar-refractivity contribution >= 4 is 22.1 Å². The van der Waals surface area contributed by atoms with Crippen molar-refractivity contribution in [3.8, 4) is 0 Å². The first-order valence-electron chi connectivity index (χ1n) is 6.05. The Morgan fingerprint density at radius 2 is 2.25 bits per heavy atom. The average Bonchev–Trinajstić information content (AvgIpc) is 2.44. The number of ether oxygens (including phenoxy) is 1. The average molecular weight is 277 g/mol. The number of pyridine rings is 1. The summed E-state index contributed by atoms with van der Waals surface area (Å²) in [7, 11) is 1.51. The molecule has 1 aromatic carbocycles. The molecule has 0 amide bonds. The third-order valence-electron chi connectivity index (χ3n) is 2.88. The van der Waals surface area contributed by atoms with Crippen molar-refractivity contribution in [2.75, 3.05) is 25.6 Å².